The van der Waals surface area contributed by atoms with E-state index in [1.54, 1.807) is 20.2 Å². The van der Waals surface area contributed by atoms with Crippen molar-refractivity contribution in [3.63, 3.8) is 0 Å². The number of fused-ring (bicyclic) bond motifs is 3. The first-order valence-corrected chi connectivity index (χ1v) is 11.2. The lowest BCUT2D eigenvalue weighted by Gasteiger charge is -2.50. The molecule has 5 rings (SSSR count). The van der Waals surface area contributed by atoms with Crippen molar-refractivity contribution >= 4 is 23.2 Å². The Labute approximate surface area is 204 Å². The van der Waals surface area contributed by atoms with E-state index in [4.69, 9.17) is 15.9 Å². The number of nitrogen functional groups attached to an aromatic ring is 1. The Morgan fingerprint density at radius 3 is 2.50 bits per heavy atom. The summed E-state index contributed by atoms with van der Waals surface area (Å²) in [7, 11) is 3.15. The number of nitrogens with two attached hydrogens (primary N) is 2. The van der Waals surface area contributed by atoms with E-state index in [-0.39, 0.29) is 29.7 Å². The van der Waals surface area contributed by atoms with Gasteiger partial charge < -0.3 is 36.3 Å². The van der Waals surface area contributed by atoms with Crippen LogP contribution in [0.5, 0.6) is 5.75 Å². The summed E-state index contributed by atoms with van der Waals surface area (Å²) in [5.74, 6) is -7.14. The third-order valence-corrected chi connectivity index (χ3v) is 7.58. The third-order valence-electron chi connectivity index (χ3n) is 7.58. The van der Waals surface area contributed by atoms with Gasteiger partial charge in [-0.15, -0.1) is 0 Å². The van der Waals surface area contributed by atoms with Crippen LogP contribution in [-0.2, 0) is 16.0 Å². The van der Waals surface area contributed by atoms with Gasteiger partial charge in [-0.3, -0.25) is 19.3 Å². The summed E-state index contributed by atoms with van der Waals surface area (Å²) in [6.07, 6.45) is 3.08. The fraction of sp³-hybridized carbons (Fsp3) is 0.320. The first kappa shape index (κ1) is 23.6. The topological polar surface area (TPSA) is 201 Å². The molecule has 3 aliphatic rings. The minimum Gasteiger partial charge on any atom is -0.510 e. The molecule has 0 saturated carbocycles. The minimum absolute atomic E-state index is 0.00171. The molecule has 188 valence electrons. The highest BCUT2D eigenvalue weighted by Crippen LogP contribution is 2.53. The minimum atomic E-state index is -2.69. The molecule has 0 saturated heterocycles. The highest BCUT2D eigenvalue weighted by molar-refractivity contribution is 6.25. The van der Waals surface area contributed by atoms with Crippen LogP contribution in [0.4, 0.5) is 5.69 Å². The van der Waals surface area contributed by atoms with Crippen LogP contribution in [0.3, 0.4) is 0 Å². The lowest BCUT2D eigenvalue weighted by Crippen LogP contribution is -2.63. The second-order valence-corrected chi connectivity index (χ2v) is 9.69. The Morgan fingerprint density at radius 2 is 1.92 bits per heavy atom. The number of anilines is 1. The number of nitrogens with zero attached hydrogens (tertiary/aromatic N) is 1. The van der Waals surface area contributed by atoms with E-state index in [1.165, 1.54) is 23.5 Å². The van der Waals surface area contributed by atoms with Crippen molar-refractivity contribution in [1.29, 1.82) is 0 Å². The zero-order valence-corrected chi connectivity index (χ0v) is 19.5. The number of aromatic hydroxyl groups is 1. The van der Waals surface area contributed by atoms with Crippen LogP contribution in [0.1, 0.15) is 22.3 Å². The number of phenols is 1. The Kier molecular flexibility index (Phi) is 5.06. The number of carbonyl (C=O) groups is 3. The highest BCUT2D eigenvalue weighted by Gasteiger charge is 2.63. The number of rotatable bonds is 3. The first-order chi connectivity index (χ1) is 16.9. The number of hydrogen-bond donors (Lipinski definition) is 6. The molecule has 36 heavy (non-hydrogen) atoms. The monoisotopic (exact) mass is 495 g/mol. The number of amides is 1. The van der Waals surface area contributed by atoms with Crippen molar-refractivity contribution in [2.24, 2.45) is 17.6 Å². The molecule has 0 fully saturated rings. The van der Waals surface area contributed by atoms with Crippen molar-refractivity contribution in [3.8, 4) is 16.9 Å². The quantitative estimate of drug-likeness (QED) is 0.202. The van der Waals surface area contributed by atoms with Gasteiger partial charge in [-0.2, -0.15) is 0 Å². The van der Waals surface area contributed by atoms with Crippen LogP contribution in [0, 0.1) is 11.8 Å². The van der Waals surface area contributed by atoms with Crippen LogP contribution < -0.4 is 11.5 Å². The maximum absolute atomic E-state index is 13.7. The smallest absolute Gasteiger partial charge is 0.255 e. The average Bonchev–Trinajstić information content (AvgIpc) is 3.33. The molecule has 11 nitrogen and oxygen atoms in total. The van der Waals surface area contributed by atoms with Crippen LogP contribution >= 0.6 is 0 Å². The van der Waals surface area contributed by atoms with E-state index in [0.717, 1.165) is 0 Å². The summed E-state index contributed by atoms with van der Waals surface area (Å²) in [6.45, 7) is 0. The van der Waals surface area contributed by atoms with Crippen molar-refractivity contribution in [2.75, 3.05) is 19.8 Å². The zero-order chi connectivity index (χ0) is 26.3. The second kappa shape index (κ2) is 7.70. The number of allylic oxidation sites excluding steroid dienone is 1. The number of Topliss-reactive ketones (excluding diaryl/α,β-unsaturated/α-hetero) is 2. The van der Waals surface area contributed by atoms with E-state index in [1.807, 2.05) is 0 Å². The SMILES string of the molecule is CN(C)[C@@H]1C(O)=C(C(N)=O)C(=O)[C@@]2(O)C(O)=C3C(=O)c4c(O)c(N)cc(-c5ccoc5)c4C[C@H]3C[C@@H]12. The lowest BCUT2D eigenvalue weighted by molar-refractivity contribution is -0.148. The summed E-state index contributed by atoms with van der Waals surface area (Å²) in [6, 6.07) is 2.15. The van der Waals surface area contributed by atoms with Gasteiger partial charge in [-0.05, 0) is 56.1 Å². The molecule has 4 atom stereocenters. The molecule has 0 spiro atoms. The van der Waals surface area contributed by atoms with Crippen LogP contribution in [0.15, 0.2) is 51.7 Å². The molecule has 0 aliphatic heterocycles. The van der Waals surface area contributed by atoms with E-state index >= 15 is 0 Å². The second-order valence-electron chi connectivity index (χ2n) is 9.69. The molecule has 0 radical (unpaired) electrons. The molecule has 1 aromatic heterocycles. The van der Waals surface area contributed by atoms with Gasteiger partial charge in [-0.1, -0.05) is 0 Å². The Bertz CT molecular complexity index is 1400. The zero-order valence-electron chi connectivity index (χ0n) is 19.5. The van der Waals surface area contributed by atoms with Gasteiger partial charge in [0.1, 0.15) is 22.8 Å². The molecule has 1 heterocycles. The largest absolute Gasteiger partial charge is 0.510 e. The van der Waals surface area contributed by atoms with Crippen LogP contribution in [0.2, 0.25) is 0 Å². The maximum Gasteiger partial charge on any atom is 0.255 e. The number of primary amides is 1. The predicted molar refractivity (Wildman–Crippen MR) is 126 cm³/mol. The number of ketones is 2. The van der Waals surface area contributed by atoms with Crippen molar-refractivity contribution < 1.29 is 39.2 Å². The molecule has 3 aliphatic carbocycles. The summed E-state index contributed by atoms with van der Waals surface area (Å²) < 4.78 is 5.17. The average molecular weight is 495 g/mol. The Morgan fingerprint density at radius 1 is 1.22 bits per heavy atom. The van der Waals surface area contributed by atoms with Gasteiger partial charge in [0.05, 0.1) is 29.8 Å². The normalized spacial score (nSPS) is 27.7. The van der Waals surface area contributed by atoms with Gasteiger partial charge in [0.2, 0.25) is 5.78 Å². The van der Waals surface area contributed by atoms with Gasteiger partial charge >= 0.3 is 0 Å². The summed E-state index contributed by atoms with van der Waals surface area (Å²) >= 11 is 0. The van der Waals surface area contributed by atoms with E-state index < -0.39 is 63.8 Å². The number of aliphatic hydroxyl groups is 3. The number of hydrogen-bond acceptors (Lipinski definition) is 10. The van der Waals surface area contributed by atoms with E-state index in [2.05, 4.69) is 0 Å². The Hall–Kier alpha value is -4.09. The molecule has 1 amide bonds. The molecule has 11 heteroatoms. The molecule has 1 aromatic carbocycles. The van der Waals surface area contributed by atoms with Gasteiger partial charge in [0.25, 0.3) is 5.91 Å². The highest BCUT2D eigenvalue weighted by atomic mass is 16.3. The van der Waals surface area contributed by atoms with Crippen molar-refractivity contribution in [2.45, 2.75) is 24.5 Å². The fourth-order valence-electron chi connectivity index (χ4n) is 6.01. The molecule has 0 bridgehead atoms. The Balaban J connectivity index is 1.76. The van der Waals surface area contributed by atoms with Crippen LogP contribution in [0.25, 0.3) is 11.1 Å². The molecule has 0 unspecified atom stereocenters. The van der Waals surface area contributed by atoms with Crippen molar-refractivity contribution in [1.82, 2.24) is 4.90 Å². The van der Waals surface area contributed by atoms with Crippen molar-refractivity contribution in [3.05, 3.63) is 58.5 Å². The summed E-state index contributed by atoms with van der Waals surface area (Å²) in [4.78, 5) is 40.6. The third kappa shape index (κ3) is 2.90. The number of furan rings is 1. The van der Waals surface area contributed by atoms with Gasteiger partial charge in [0, 0.05) is 17.1 Å². The fourth-order valence-corrected chi connectivity index (χ4v) is 6.01. The molecule has 8 N–H and O–H groups in total. The summed E-state index contributed by atoms with van der Waals surface area (Å²) in [5.41, 5.74) is 8.97. The lowest BCUT2D eigenvalue weighted by atomic mass is 9.58. The summed E-state index contributed by atoms with van der Waals surface area (Å²) in [5, 5.41) is 44.5. The first-order valence-electron chi connectivity index (χ1n) is 11.2. The van der Waals surface area contributed by atoms with E-state index in [0.29, 0.717) is 16.7 Å². The van der Waals surface area contributed by atoms with Gasteiger partial charge in [0.15, 0.2) is 11.4 Å². The standard InChI is InChI=1S/C25H25N3O8/c1-28(2)18-13-6-10-5-12-11(9-3-4-36-8-9)7-14(26)19(29)16(12)20(30)15(10)22(32)25(13,35)23(33)17(21(18)31)24(27)34/h3-4,7-8,10,13,18,29,31-32,35H,5-6,26H2,1-2H3,(H2,27,34)/t10-,13-,18-,25-/m0/s1. The maximum atomic E-state index is 13.7. The molecular weight excluding hydrogens is 470 g/mol. The van der Waals surface area contributed by atoms with Gasteiger partial charge in [-0.25, -0.2) is 0 Å². The van der Waals surface area contributed by atoms with Crippen LogP contribution in [-0.4, -0.2) is 68.5 Å². The number of phenolic OH excluding ortho intramolecular Hbond substituents is 1. The number of carbonyl (C=O) groups excluding carboxylic acids is 3. The molecular formula is C25H25N3O8. The number of aliphatic hydroxyl groups excluding tert-OH is 2. The molecule has 2 aromatic rings. The number of benzene rings is 1. The predicted octanol–water partition coefficient (Wildman–Crippen LogP) is 0.963. The van der Waals surface area contributed by atoms with E-state index in [9.17, 15) is 34.8 Å². The number of likely N-dealkylation sites (N-methyl/N-ethyl adjacent to an activating group) is 1.